The SMILES string of the molecule is CCOC(=O)/C(=C/c1cccnc1)N=P(c1ccccc1)(c1ccccc1)c1ccccc1. The summed E-state index contributed by atoms with van der Waals surface area (Å²) in [4.78, 5) is 17.3. The first-order valence-electron chi connectivity index (χ1n) is 10.8. The Morgan fingerprint density at radius 1 is 0.818 bits per heavy atom. The van der Waals surface area contributed by atoms with Gasteiger partial charge in [0, 0.05) is 28.3 Å². The lowest BCUT2D eigenvalue weighted by molar-refractivity contribution is -0.138. The lowest BCUT2D eigenvalue weighted by atomic mass is 10.2. The van der Waals surface area contributed by atoms with Gasteiger partial charge in [0.2, 0.25) is 0 Å². The molecule has 33 heavy (non-hydrogen) atoms. The van der Waals surface area contributed by atoms with Crippen LogP contribution in [0.25, 0.3) is 6.08 Å². The van der Waals surface area contributed by atoms with E-state index in [0.29, 0.717) is 0 Å². The minimum atomic E-state index is -2.59. The quantitative estimate of drug-likeness (QED) is 0.221. The second-order valence-corrected chi connectivity index (χ2v) is 10.3. The first kappa shape index (κ1) is 22.4. The summed E-state index contributed by atoms with van der Waals surface area (Å²) in [6.45, 7) is 2.07. The molecule has 0 bridgehead atoms. The number of ether oxygens (including phenoxy) is 1. The Morgan fingerprint density at radius 3 is 1.76 bits per heavy atom. The summed E-state index contributed by atoms with van der Waals surface area (Å²) in [5.74, 6) is -0.450. The third-order valence-corrected chi connectivity index (χ3v) is 8.77. The van der Waals surface area contributed by atoms with E-state index in [4.69, 9.17) is 9.48 Å². The third kappa shape index (κ3) is 5.02. The molecule has 0 atom stereocenters. The molecule has 0 fully saturated rings. The van der Waals surface area contributed by atoms with Crippen LogP contribution in [0.2, 0.25) is 0 Å². The highest BCUT2D eigenvalue weighted by Crippen LogP contribution is 2.48. The number of benzene rings is 3. The van der Waals surface area contributed by atoms with Gasteiger partial charge < -0.3 is 4.74 Å². The molecule has 4 nitrogen and oxygen atoms in total. The topological polar surface area (TPSA) is 51.5 Å². The van der Waals surface area contributed by atoms with Crippen molar-refractivity contribution in [1.29, 1.82) is 0 Å². The van der Waals surface area contributed by atoms with Gasteiger partial charge >= 0.3 is 5.97 Å². The van der Waals surface area contributed by atoms with Gasteiger partial charge in [0.15, 0.2) is 0 Å². The number of esters is 1. The lowest BCUT2D eigenvalue weighted by Gasteiger charge is -2.27. The van der Waals surface area contributed by atoms with Crippen LogP contribution >= 0.6 is 7.05 Å². The van der Waals surface area contributed by atoms with Gasteiger partial charge in [0.25, 0.3) is 0 Å². The molecule has 0 spiro atoms. The first-order chi connectivity index (χ1) is 16.2. The van der Waals surface area contributed by atoms with E-state index in [1.165, 1.54) is 0 Å². The molecule has 0 N–H and O–H groups in total. The second-order valence-electron chi connectivity index (χ2n) is 7.28. The molecule has 4 rings (SSSR count). The van der Waals surface area contributed by atoms with Crippen LogP contribution in [0.5, 0.6) is 0 Å². The largest absolute Gasteiger partial charge is 0.461 e. The van der Waals surface area contributed by atoms with Gasteiger partial charge in [0.05, 0.1) is 13.7 Å². The Labute approximate surface area is 194 Å². The summed E-state index contributed by atoms with van der Waals surface area (Å²) in [6.07, 6.45) is 5.17. The minimum absolute atomic E-state index is 0.270. The molecule has 0 radical (unpaired) electrons. The third-order valence-electron chi connectivity index (χ3n) is 5.12. The smallest absolute Gasteiger partial charge is 0.356 e. The fourth-order valence-corrected chi connectivity index (χ4v) is 7.18. The Bertz CT molecular complexity index is 1170. The predicted molar refractivity (Wildman–Crippen MR) is 136 cm³/mol. The molecule has 0 saturated carbocycles. The van der Waals surface area contributed by atoms with E-state index in [1.807, 2.05) is 66.7 Å². The van der Waals surface area contributed by atoms with Gasteiger partial charge in [-0.3, -0.25) is 4.98 Å². The maximum atomic E-state index is 13.1. The van der Waals surface area contributed by atoms with Crippen molar-refractivity contribution in [3.05, 3.63) is 127 Å². The number of nitrogens with zero attached hydrogens (tertiary/aromatic N) is 2. The molecule has 5 heteroatoms. The van der Waals surface area contributed by atoms with E-state index in [1.54, 1.807) is 25.4 Å². The fraction of sp³-hybridized carbons (Fsp3) is 0.0714. The van der Waals surface area contributed by atoms with Gasteiger partial charge in [-0.15, -0.1) is 0 Å². The van der Waals surface area contributed by atoms with E-state index < -0.39 is 13.0 Å². The average molecular weight is 452 g/mol. The Hall–Kier alpha value is -3.75. The van der Waals surface area contributed by atoms with Crippen molar-refractivity contribution >= 4 is 35.0 Å². The minimum Gasteiger partial charge on any atom is -0.461 e. The van der Waals surface area contributed by atoms with Crippen LogP contribution < -0.4 is 15.9 Å². The summed E-state index contributed by atoms with van der Waals surface area (Å²) in [5, 5.41) is 3.18. The number of hydrogen-bond donors (Lipinski definition) is 0. The van der Waals surface area contributed by atoms with E-state index in [0.717, 1.165) is 21.5 Å². The average Bonchev–Trinajstić information content (AvgIpc) is 2.89. The maximum Gasteiger partial charge on any atom is 0.356 e. The normalized spacial score (nSPS) is 11.6. The van der Waals surface area contributed by atoms with Gasteiger partial charge in [-0.1, -0.05) is 97.1 Å². The number of carbonyl (C=O) groups excluding carboxylic acids is 1. The zero-order valence-corrected chi connectivity index (χ0v) is 19.3. The molecule has 164 valence electrons. The molecular weight excluding hydrogens is 427 g/mol. The van der Waals surface area contributed by atoms with Crippen LogP contribution in [0, 0.1) is 0 Å². The fourth-order valence-electron chi connectivity index (χ4n) is 3.67. The van der Waals surface area contributed by atoms with Crippen molar-refractivity contribution in [3.63, 3.8) is 0 Å². The number of aromatic nitrogens is 1. The summed E-state index contributed by atoms with van der Waals surface area (Å²) in [7, 11) is -2.59. The summed E-state index contributed by atoms with van der Waals surface area (Å²) in [6, 6.07) is 34.3. The monoisotopic (exact) mass is 452 g/mol. The zero-order valence-electron chi connectivity index (χ0n) is 18.4. The van der Waals surface area contributed by atoms with Gasteiger partial charge in [0.1, 0.15) is 5.70 Å². The molecule has 0 unspecified atom stereocenters. The first-order valence-corrected chi connectivity index (χ1v) is 12.6. The van der Waals surface area contributed by atoms with Crippen molar-refractivity contribution < 1.29 is 9.53 Å². The van der Waals surface area contributed by atoms with E-state index >= 15 is 0 Å². The Kier molecular flexibility index (Phi) is 7.29. The Balaban J connectivity index is 2.10. The molecule has 1 aromatic heterocycles. The highest BCUT2D eigenvalue weighted by Gasteiger charge is 2.29. The van der Waals surface area contributed by atoms with Crippen LogP contribution in [0.4, 0.5) is 0 Å². The lowest BCUT2D eigenvalue weighted by Crippen LogP contribution is -2.26. The van der Waals surface area contributed by atoms with Crippen LogP contribution in [0.1, 0.15) is 12.5 Å². The van der Waals surface area contributed by atoms with Crippen LogP contribution in [0.3, 0.4) is 0 Å². The molecule has 1 heterocycles. The van der Waals surface area contributed by atoms with Crippen molar-refractivity contribution in [2.75, 3.05) is 6.61 Å². The van der Waals surface area contributed by atoms with Crippen molar-refractivity contribution in [2.24, 2.45) is 4.74 Å². The summed E-state index contributed by atoms with van der Waals surface area (Å²) >= 11 is 0. The number of carbonyl (C=O) groups is 1. The van der Waals surface area contributed by atoms with Gasteiger partial charge in [-0.2, -0.15) is 0 Å². The van der Waals surface area contributed by atoms with Crippen molar-refractivity contribution in [3.8, 4) is 0 Å². The highest BCUT2D eigenvalue weighted by molar-refractivity contribution is 7.87. The summed E-state index contributed by atoms with van der Waals surface area (Å²) < 4.78 is 10.7. The molecule has 0 amide bonds. The molecule has 0 aliphatic rings. The van der Waals surface area contributed by atoms with E-state index in [9.17, 15) is 4.79 Å². The number of pyridine rings is 1. The number of hydrogen-bond acceptors (Lipinski definition) is 4. The Morgan fingerprint density at radius 2 is 1.33 bits per heavy atom. The molecule has 3 aromatic carbocycles. The molecule has 4 aromatic rings. The van der Waals surface area contributed by atoms with Crippen molar-refractivity contribution in [1.82, 2.24) is 4.98 Å². The van der Waals surface area contributed by atoms with E-state index in [-0.39, 0.29) is 12.3 Å². The molecule has 0 saturated heterocycles. The number of rotatable bonds is 7. The molecular formula is C28H25N2O2P. The maximum absolute atomic E-state index is 13.1. The second kappa shape index (κ2) is 10.7. The zero-order chi connectivity index (χ0) is 22.9. The van der Waals surface area contributed by atoms with Crippen molar-refractivity contribution in [2.45, 2.75) is 6.92 Å². The molecule has 0 aliphatic carbocycles. The van der Waals surface area contributed by atoms with Crippen LogP contribution in [-0.4, -0.2) is 17.6 Å². The van der Waals surface area contributed by atoms with Crippen LogP contribution in [0.15, 0.2) is 126 Å². The van der Waals surface area contributed by atoms with Crippen LogP contribution in [-0.2, 0) is 9.53 Å². The van der Waals surface area contributed by atoms with E-state index in [2.05, 4.69) is 41.4 Å². The van der Waals surface area contributed by atoms with Gasteiger partial charge in [-0.05, 0) is 24.6 Å². The van der Waals surface area contributed by atoms with Gasteiger partial charge in [-0.25, -0.2) is 9.54 Å². The standard InChI is InChI=1S/C28H25N2O2P/c1-2-32-28(31)27(21-23-13-12-20-29-22-23)30-33(24-14-6-3-7-15-24,25-16-8-4-9-17-25)26-18-10-5-11-19-26/h3-22H,2H2,1H3/b27-21-. The molecule has 0 aliphatic heterocycles. The summed E-state index contributed by atoms with van der Waals surface area (Å²) in [5.41, 5.74) is 1.06. The predicted octanol–water partition coefficient (Wildman–Crippen LogP) is 5.16. The highest BCUT2D eigenvalue weighted by atomic mass is 31.2.